The zero-order valence-corrected chi connectivity index (χ0v) is 14.7. The Morgan fingerprint density at radius 1 is 1.21 bits per heavy atom. The number of hydrogen-bond donors (Lipinski definition) is 1. The fraction of sp³-hybridized carbons (Fsp3) is 0.294. The summed E-state index contributed by atoms with van der Waals surface area (Å²) < 4.78 is 12.2. The van der Waals surface area contributed by atoms with Crippen molar-refractivity contribution in [3.05, 3.63) is 57.5 Å². The molecule has 0 radical (unpaired) electrons. The van der Waals surface area contributed by atoms with Gasteiger partial charge in [-0.15, -0.1) is 11.3 Å². The van der Waals surface area contributed by atoms with E-state index in [1.807, 2.05) is 23.6 Å². The molecule has 0 amide bonds. The van der Waals surface area contributed by atoms with Crippen LogP contribution in [0, 0.1) is 0 Å². The molecule has 0 bridgehead atoms. The summed E-state index contributed by atoms with van der Waals surface area (Å²) in [6.45, 7) is 1.43. The predicted octanol–water partition coefficient (Wildman–Crippen LogP) is 0.988. The first-order valence-electron chi connectivity index (χ1n) is 7.58. The van der Waals surface area contributed by atoms with Gasteiger partial charge in [0.15, 0.2) is 4.96 Å². The third-order valence-corrected chi connectivity index (χ3v) is 4.58. The van der Waals surface area contributed by atoms with Crippen molar-refractivity contribution in [2.75, 3.05) is 21.3 Å². The van der Waals surface area contributed by atoms with Crippen LogP contribution in [0.4, 0.5) is 0 Å². The fourth-order valence-electron chi connectivity index (χ4n) is 2.67. The van der Waals surface area contributed by atoms with Crippen LogP contribution in [0.5, 0.6) is 11.5 Å². The number of rotatable bonds is 6. The van der Waals surface area contributed by atoms with Crippen LogP contribution in [-0.2, 0) is 13.1 Å². The van der Waals surface area contributed by atoms with Gasteiger partial charge in [-0.05, 0) is 12.1 Å². The van der Waals surface area contributed by atoms with Crippen LogP contribution in [0.25, 0.3) is 4.96 Å². The molecule has 24 heavy (non-hydrogen) atoms. The second-order valence-electron chi connectivity index (χ2n) is 5.63. The fourth-order valence-corrected chi connectivity index (χ4v) is 3.41. The standard InChI is InChI=1S/C17H19N3O3S/c1-19(10-12-4-5-14(22-2)9-15(12)23-3)11-13-8-16(21)20-6-7-24-17(20)18-13/h4-9H,10-11H2,1-3H3/p+1. The van der Waals surface area contributed by atoms with Gasteiger partial charge in [0.05, 0.1) is 21.3 Å². The summed E-state index contributed by atoms with van der Waals surface area (Å²) in [5, 5.41) is 1.87. The molecule has 0 spiro atoms. The smallest absolute Gasteiger partial charge is 0.258 e. The molecule has 0 fully saturated rings. The second kappa shape index (κ2) is 7.02. The quantitative estimate of drug-likeness (QED) is 0.723. The number of fused-ring (bicyclic) bond motifs is 1. The van der Waals surface area contributed by atoms with E-state index in [1.54, 1.807) is 30.9 Å². The normalized spacial score (nSPS) is 12.3. The first kappa shape index (κ1) is 16.5. The third kappa shape index (κ3) is 3.42. The van der Waals surface area contributed by atoms with E-state index in [0.29, 0.717) is 6.54 Å². The lowest BCUT2D eigenvalue weighted by atomic mass is 10.1. The maximum absolute atomic E-state index is 12.1. The highest BCUT2D eigenvalue weighted by Gasteiger charge is 2.13. The minimum absolute atomic E-state index is 0.0360. The Kier molecular flexibility index (Phi) is 4.82. The number of benzene rings is 1. The van der Waals surface area contributed by atoms with Gasteiger partial charge in [-0.3, -0.25) is 9.20 Å². The van der Waals surface area contributed by atoms with Crippen molar-refractivity contribution >= 4 is 16.3 Å². The monoisotopic (exact) mass is 346 g/mol. The van der Waals surface area contributed by atoms with Gasteiger partial charge >= 0.3 is 0 Å². The van der Waals surface area contributed by atoms with Crippen molar-refractivity contribution < 1.29 is 14.4 Å². The van der Waals surface area contributed by atoms with Crippen molar-refractivity contribution in [1.82, 2.24) is 9.38 Å². The largest absolute Gasteiger partial charge is 0.497 e. The van der Waals surface area contributed by atoms with E-state index < -0.39 is 0 Å². The molecule has 3 aromatic rings. The van der Waals surface area contributed by atoms with Gasteiger partial charge in [0.25, 0.3) is 5.56 Å². The van der Waals surface area contributed by atoms with Gasteiger partial charge in [0.2, 0.25) is 0 Å². The Hall–Kier alpha value is -2.38. The van der Waals surface area contributed by atoms with Gasteiger partial charge in [-0.2, -0.15) is 0 Å². The van der Waals surface area contributed by atoms with E-state index in [4.69, 9.17) is 9.47 Å². The van der Waals surface area contributed by atoms with Crippen LogP contribution in [0.3, 0.4) is 0 Å². The summed E-state index contributed by atoms with van der Waals surface area (Å²) in [5.41, 5.74) is 1.85. The van der Waals surface area contributed by atoms with E-state index in [9.17, 15) is 4.79 Å². The molecular formula is C17H20N3O3S+. The summed E-state index contributed by atoms with van der Waals surface area (Å²) in [6, 6.07) is 7.42. The zero-order chi connectivity index (χ0) is 17.1. The molecule has 1 unspecified atom stereocenters. The lowest BCUT2D eigenvalue weighted by molar-refractivity contribution is -0.908. The minimum Gasteiger partial charge on any atom is -0.497 e. The molecule has 1 atom stereocenters. The first-order valence-corrected chi connectivity index (χ1v) is 8.46. The van der Waals surface area contributed by atoms with Gasteiger partial charge in [0.1, 0.15) is 30.3 Å². The van der Waals surface area contributed by atoms with Crippen molar-refractivity contribution in [3.63, 3.8) is 0 Å². The summed E-state index contributed by atoms with van der Waals surface area (Å²) in [5.74, 6) is 1.57. The SMILES string of the molecule is COc1ccc(C[NH+](C)Cc2cc(=O)n3ccsc3n2)c(OC)c1. The van der Waals surface area contributed by atoms with Crippen LogP contribution in [0.1, 0.15) is 11.3 Å². The summed E-state index contributed by atoms with van der Waals surface area (Å²) >= 11 is 1.47. The highest BCUT2D eigenvalue weighted by Crippen LogP contribution is 2.23. The first-order chi connectivity index (χ1) is 11.6. The van der Waals surface area contributed by atoms with Crippen molar-refractivity contribution in [2.45, 2.75) is 13.1 Å². The number of hydrogen-bond acceptors (Lipinski definition) is 5. The average Bonchev–Trinajstić information content (AvgIpc) is 3.04. The molecule has 2 aromatic heterocycles. The van der Waals surface area contributed by atoms with Crippen molar-refractivity contribution in [3.8, 4) is 11.5 Å². The zero-order valence-electron chi connectivity index (χ0n) is 13.9. The Bertz CT molecular complexity index is 903. The molecule has 0 aliphatic heterocycles. The maximum Gasteiger partial charge on any atom is 0.258 e. The van der Waals surface area contributed by atoms with Crippen LogP contribution in [0.15, 0.2) is 40.6 Å². The van der Waals surface area contributed by atoms with E-state index in [2.05, 4.69) is 12.0 Å². The van der Waals surface area contributed by atoms with Gasteiger partial charge in [0, 0.05) is 29.3 Å². The number of nitrogens with one attached hydrogen (secondary N) is 1. The minimum atomic E-state index is -0.0360. The predicted molar refractivity (Wildman–Crippen MR) is 93.2 cm³/mol. The van der Waals surface area contributed by atoms with Gasteiger partial charge in [-0.25, -0.2) is 4.98 Å². The number of aromatic nitrogens is 2. The second-order valence-corrected chi connectivity index (χ2v) is 6.50. The molecule has 126 valence electrons. The summed E-state index contributed by atoms with van der Waals surface area (Å²) in [4.78, 5) is 18.6. The number of quaternary nitrogens is 1. The molecule has 6 nitrogen and oxygen atoms in total. The van der Waals surface area contributed by atoms with E-state index >= 15 is 0 Å². The van der Waals surface area contributed by atoms with Crippen molar-refractivity contribution in [2.24, 2.45) is 0 Å². The van der Waals surface area contributed by atoms with Crippen LogP contribution < -0.4 is 19.9 Å². The molecule has 0 saturated heterocycles. The van der Waals surface area contributed by atoms with Crippen LogP contribution in [-0.4, -0.2) is 30.7 Å². The topological polar surface area (TPSA) is 57.3 Å². The number of methoxy groups -OCH3 is 2. The Labute approximate surface area is 143 Å². The molecule has 1 aromatic carbocycles. The number of nitrogens with zero attached hydrogens (tertiary/aromatic N) is 2. The average molecular weight is 346 g/mol. The maximum atomic E-state index is 12.1. The molecule has 2 heterocycles. The Morgan fingerprint density at radius 2 is 2.04 bits per heavy atom. The highest BCUT2D eigenvalue weighted by molar-refractivity contribution is 7.15. The molecule has 0 saturated carbocycles. The molecule has 1 N–H and O–H groups in total. The van der Waals surface area contributed by atoms with E-state index in [0.717, 1.165) is 34.3 Å². The molecule has 7 heteroatoms. The lowest BCUT2D eigenvalue weighted by Gasteiger charge is -2.16. The van der Waals surface area contributed by atoms with Crippen LogP contribution >= 0.6 is 11.3 Å². The van der Waals surface area contributed by atoms with E-state index in [-0.39, 0.29) is 5.56 Å². The Morgan fingerprint density at radius 3 is 2.79 bits per heavy atom. The third-order valence-electron chi connectivity index (χ3n) is 3.83. The van der Waals surface area contributed by atoms with E-state index in [1.165, 1.54) is 16.2 Å². The molecular weight excluding hydrogens is 326 g/mol. The number of ether oxygens (including phenoxy) is 2. The summed E-state index contributed by atoms with van der Waals surface area (Å²) in [6.07, 6.45) is 1.75. The van der Waals surface area contributed by atoms with Crippen LogP contribution in [0.2, 0.25) is 0 Å². The highest BCUT2D eigenvalue weighted by atomic mass is 32.1. The molecule has 0 aliphatic rings. The van der Waals surface area contributed by atoms with Gasteiger partial charge in [-0.1, -0.05) is 0 Å². The number of thiazole rings is 1. The molecule has 0 aliphatic carbocycles. The van der Waals surface area contributed by atoms with Crippen molar-refractivity contribution in [1.29, 1.82) is 0 Å². The Balaban J connectivity index is 1.77. The molecule has 3 rings (SSSR count). The van der Waals surface area contributed by atoms with Gasteiger partial charge < -0.3 is 14.4 Å². The summed E-state index contributed by atoms with van der Waals surface area (Å²) in [7, 11) is 5.36. The lowest BCUT2D eigenvalue weighted by Crippen LogP contribution is -3.06.